The molecule has 0 saturated carbocycles. The van der Waals surface area contributed by atoms with Crippen LogP contribution >= 0.6 is 0 Å². The van der Waals surface area contributed by atoms with Crippen molar-refractivity contribution in [3.8, 4) is 0 Å². The zero-order valence-corrected chi connectivity index (χ0v) is 6.43. The number of nitrogens with one attached hydrogen (secondary N) is 1. The fourth-order valence-corrected chi connectivity index (χ4v) is 0.833. The van der Waals surface area contributed by atoms with E-state index in [1.807, 2.05) is 0 Å². The number of methoxy groups -OCH3 is 1. The Bertz CT molecular complexity index is 83.7. The van der Waals surface area contributed by atoms with E-state index >= 15 is 0 Å². The van der Waals surface area contributed by atoms with Gasteiger partial charge in [-0.1, -0.05) is 0 Å². The van der Waals surface area contributed by atoms with Crippen molar-refractivity contribution >= 4 is 0 Å². The van der Waals surface area contributed by atoms with Gasteiger partial charge < -0.3 is 14.8 Å². The molecule has 0 amide bonds. The number of rotatable bonds is 5. The van der Waals surface area contributed by atoms with E-state index in [-0.39, 0.29) is 0 Å². The average Bonchev–Trinajstić information content (AvgIpc) is 1.84. The molecule has 0 atom stereocenters. The van der Waals surface area contributed by atoms with E-state index in [1.165, 1.54) is 0 Å². The molecule has 3 heteroatoms. The molecule has 60 valence electrons. The normalized spacial score (nSPS) is 18.9. The van der Waals surface area contributed by atoms with Crippen molar-refractivity contribution in [3.05, 3.63) is 0 Å². The minimum atomic E-state index is 0.469. The Morgan fingerprint density at radius 3 is 2.70 bits per heavy atom. The molecule has 1 saturated heterocycles. The van der Waals surface area contributed by atoms with Crippen LogP contribution in [0.2, 0.25) is 0 Å². The Labute approximate surface area is 61.7 Å². The molecule has 1 N–H and O–H groups in total. The van der Waals surface area contributed by atoms with Gasteiger partial charge in [0.2, 0.25) is 0 Å². The molecule has 0 aromatic heterocycles. The molecule has 1 aliphatic rings. The fraction of sp³-hybridized carbons (Fsp3) is 1.00. The van der Waals surface area contributed by atoms with Crippen molar-refractivity contribution in [2.24, 2.45) is 0 Å². The third-order valence-corrected chi connectivity index (χ3v) is 1.59. The van der Waals surface area contributed by atoms with Crippen molar-refractivity contribution < 1.29 is 9.47 Å². The molecule has 1 fully saturated rings. The minimum Gasteiger partial charge on any atom is -0.385 e. The highest BCUT2D eigenvalue weighted by molar-refractivity contribution is 4.74. The molecule has 0 unspecified atom stereocenters. The molecule has 1 aliphatic heterocycles. The minimum absolute atomic E-state index is 0.469. The Hall–Kier alpha value is -0.120. The maximum Gasteiger partial charge on any atom is 0.0823 e. The van der Waals surface area contributed by atoms with Crippen LogP contribution in [-0.4, -0.2) is 39.5 Å². The lowest BCUT2D eigenvalue weighted by molar-refractivity contribution is 0.00968. The second-order valence-corrected chi connectivity index (χ2v) is 2.50. The largest absolute Gasteiger partial charge is 0.385 e. The van der Waals surface area contributed by atoms with E-state index in [9.17, 15) is 0 Å². The Kier molecular flexibility index (Phi) is 3.72. The Morgan fingerprint density at radius 2 is 2.20 bits per heavy atom. The SMILES string of the molecule is COCCCOC1CNC1. The van der Waals surface area contributed by atoms with Gasteiger partial charge >= 0.3 is 0 Å². The van der Waals surface area contributed by atoms with E-state index in [4.69, 9.17) is 9.47 Å². The zero-order valence-electron chi connectivity index (χ0n) is 6.43. The van der Waals surface area contributed by atoms with Gasteiger partial charge in [0.1, 0.15) is 0 Å². The van der Waals surface area contributed by atoms with Gasteiger partial charge in [-0.2, -0.15) is 0 Å². The van der Waals surface area contributed by atoms with Crippen LogP contribution in [0.1, 0.15) is 6.42 Å². The van der Waals surface area contributed by atoms with Crippen LogP contribution in [0.25, 0.3) is 0 Å². The van der Waals surface area contributed by atoms with Crippen molar-refractivity contribution in [1.82, 2.24) is 5.32 Å². The summed E-state index contributed by atoms with van der Waals surface area (Å²) in [5.41, 5.74) is 0. The lowest BCUT2D eigenvalue weighted by atomic mass is 10.2. The van der Waals surface area contributed by atoms with Crippen molar-refractivity contribution in [2.45, 2.75) is 12.5 Å². The predicted octanol–water partition coefficient (Wildman–Crippen LogP) is 0.0113. The molecule has 0 aromatic rings. The second-order valence-electron chi connectivity index (χ2n) is 2.50. The summed E-state index contributed by atoms with van der Waals surface area (Å²) in [6.45, 7) is 3.68. The smallest absolute Gasteiger partial charge is 0.0823 e. The number of hydrogen-bond donors (Lipinski definition) is 1. The summed E-state index contributed by atoms with van der Waals surface area (Å²) in [7, 11) is 1.71. The van der Waals surface area contributed by atoms with Crippen LogP contribution in [0.4, 0.5) is 0 Å². The lowest BCUT2D eigenvalue weighted by Gasteiger charge is -2.26. The third kappa shape index (κ3) is 2.64. The molecule has 10 heavy (non-hydrogen) atoms. The summed E-state index contributed by atoms with van der Waals surface area (Å²) < 4.78 is 10.3. The van der Waals surface area contributed by atoms with E-state index < -0.39 is 0 Å². The molecule has 3 nitrogen and oxygen atoms in total. The molecule has 0 radical (unpaired) electrons. The Morgan fingerprint density at radius 1 is 1.40 bits per heavy atom. The van der Waals surface area contributed by atoms with Crippen LogP contribution in [0.5, 0.6) is 0 Å². The van der Waals surface area contributed by atoms with Gasteiger partial charge in [0, 0.05) is 33.4 Å². The molecule has 0 spiro atoms. The average molecular weight is 145 g/mol. The summed E-state index contributed by atoms with van der Waals surface area (Å²) in [6, 6.07) is 0. The molecular formula is C7H15NO2. The summed E-state index contributed by atoms with van der Waals surface area (Å²) in [6.07, 6.45) is 1.48. The monoisotopic (exact) mass is 145 g/mol. The van der Waals surface area contributed by atoms with Gasteiger partial charge in [0.25, 0.3) is 0 Å². The fourth-order valence-electron chi connectivity index (χ4n) is 0.833. The van der Waals surface area contributed by atoms with Crippen molar-refractivity contribution in [1.29, 1.82) is 0 Å². The van der Waals surface area contributed by atoms with Gasteiger partial charge in [-0.15, -0.1) is 0 Å². The first-order valence-corrected chi connectivity index (χ1v) is 3.74. The summed E-state index contributed by atoms with van der Waals surface area (Å²) in [5, 5.41) is 3.15. The van der Waals surface area contributed by atoms with Crippen molar-refractivity contribution in [2.75, 3.05) is 33.4 Å². The second kappa shape index (κ2) is 4.66. The van der Waals surface area contributed by atoms with Crippen LogP contribution in [0.3, 0.4) is 0 Å². The van der Waals surface area contributed by atoms with Crippen molar-refractivity contribution in [3.63, 3.8) is 0 Å². The topological polar surface area (TPSA) is 30.5 Å². The molecule has 0 bridgehead atoms. The number of hydrogen-bond acceptors (Lipinski definition) is 3. The molecule has 0 aromatic carbocycles. The molecular weight excluding hydrogens is 130 g/mol. The third-order valence-electron chi connectivity index (χ3n) is 1.59. The van der Waals surface area contributed by atoms with Crippen LogP contribution < -0.4 is 5.32 Å². The van der Waals surface area contributed by atoms with Crippen LogP contribution in [0.15, 0.2) is 0 Å². The predicted molar refractivity (Wildman–Crippen MR) is 39.1 cm³/mol. The lowest BCUT2D eigenvalue weighted by Crippen LogP contribution is -2.48. The first kappa shape index (κ1) is 7.98. The summed E-state index contributed by atoms with van der Waals surface area (Å²) in [5.74, 6) is 0. The van der Waals surface area contributed by atoms with Gasteiger partial charge in [0.05, 0.1) is 6.10 Å². The highest BCUT2D eigenvalue weighted by Gasteiger charge is 2.15. The number of ether oxygens (including phenoxy) is 2. The summed E-state index contributed by atoms with van der Waals surface area (Å²) in [4.78, 5) is 0. The highest BCUT2D eigenvalue weighted by atomic mass is 16.5. The molecule has 1 heterocycles. The van der Waals surface area contributed by atoms with Crippen LogP contribution in [-0.2, 0) is 9.47 Å². The zero-order chi connectivity index (χ0) is 7.23. The summed E-state index contributed by atoms with van der Waals surface area (Å²) >= 11 is 0. The Balaban J connectivity index is 1.76. The maximum atomic E-state index is 5.44. The van der Waals surface area contributed by atoms with E-state index in [2.05, 4.69) is 5.32 Å². The van der Waals surface area contributed by atoms with E-state index in [1.54, 1.807) is 7.11 Å². The first-order valence-electron chi connectivity index (χ1n) is 3.74. The van der Waals surface area contributed by atoms with Gasteiger partial charge in [-0.3, -0.25) is 0 Å². The van der Waals surface area contributed by atoms with Crippen LogP contribution in [0, 0.1) is 0 Å². The molecule has 1 rings (SSSR count). The quantitative estimate of drug-likeness (QED) is 0.553. The standard InChI is InChI=1S/C7H15NO2/c1-9-3-2-4-10-7-5-8-6-7/h7-8H,2-6H2,1H3. The maximum absolute atomic E-state index is 5.44. The van der Waals surface area contributed by atoms with Gasteiger partial charge in [-0.25, -0.2) is 0 Å². The van der Waals surface area contributed by atoms with Gasteiger partial charge in [0.15, 0.2) is 0 Å². The van der Waals surface area contributed by atoms with E-state index in [0.29, 0.717) is 6.10 Å². The highest BCUT2D eigenvalue weighted by Crippen LogP contribution is 1.98. The van der Waals surface area contributed by atoms with E-state index in [0.717, 1.165) is 32.7 Å². The first-order chi connectivity index (χ1) is 4.93. The van der Waals surface area contributed by atoms with Gasteiger partial charge in [-0.05, 0) is 6.42 Å². The molecule has 0 aliphatic carbocycles.